The fourth-order valence-corrected chi connectivity index (χ4v) is 2.05. The number of nitrogens with one attached hydrogen (secondary N) is 1. The van der Waals surface area contributed by atoms with Gasteiger partial charge in [-0.25, -0.2) is 0 Å². The predicted octanol–water partition coefficient (Wildman–Crippen LogP) is 3.69. The van der Waals surface area contributed by atoms with Gasteiger partial charge >= 0.3 is 6.18 Å². The number of alkyl halides is 3. The molecule has 3 rings (SSSR count). The smallest absolute Gasteiger partial charge is 0.416 e. The molecule has 0 saturated heterocycles. The number of halogens is 3. The van der Waals surface area contributed by atoms with Crippen LogP contribution < -0.4 is 14.8 Å². The minimum absolute atomic E-state index is 0.0277. The van der Waals surface area contributed by atoms with Gasteiger partial charge in [-0.2, -0.15) is 13.2 Å². The van der Waals surface area contributed by atoms with E-state index in [4.69, 9.17) is 9.47 Å². The molecule has 22 heavy (non-hydrogen) atoms. The molecule has 0 fully saturated rings. The van der Waals surface area contributed by atoms with Crippen LogP contribution in [0.2, 0.25) is 0 Å². The first kappa shape index (κ1) is 14.2. The Balaban J connectivity index is 1.79. The Morgan fingerprint density at radius 2 is 1.77 bits per heavy atom. The number of rotatable bonds is 2. The summed E-state index contributed by atoms with van der Waals surface area (Å²) >= 11 is 0. The van der Waals surface area contributed by atoms with Crippen molar-refractivity contribution < 1.29 is 27.4 Å². The van der Waals surface area contributed by atoms with Gasteiger partial charge in [-0.05, 0) is 36.4 Å². The highest BCUT2D eigenvalue weighted by Crippen LogP contribution is 2.35. The maximum Gasteiger partial charge on any atom is 0.416 e. The van der Waals surface area contributed by atoms with Crippen molar-refractivity contribution in [3.63, 3.8) is 0 Å². The number of ether oxygens (including phenoxy) is 2. The number of anilines is 1. The number of para-hydroxylation sites is 1. The van der Waals surface area contributed by atoms with Crippen LogP contribution in [0.5, 0.6) is 11.5 Å². The number of amides is 1. The lowest BCUT2D eigenvalue weighted by atomic mass is 10.1. The molecule has 0 unspecified atom stereocenters. The maximum atomic E-state index is 12.5. The van der Waals surface area contributed by atoms with Crippen LogP contribution in [0.1, 0.15) is 15.9 Å². The zero-order valence-corrected chi connectivity index (χ0v) is 11.1. The van der Waals surface area contributed by atoms with E-state index in [2.05, 4.69) is 5.32 Å². The molecule has 0 aliphatic carbocycles. The first-order valence-electron chi connectivity index (χ1n) is 6.32. The number of carbonyl (C=O) groups excluding carboxylic acids is 1. The Kier molecular flexibility index (Phi) is 3.40. The van der Waals surface area contributed by atoms with Gasteiger partial charge < -0.3 is 14.8 Å². The molecular formula is C15H10F3NO3. The van der Waals surface area contributed by atoms with Crippen LogP contribution in [0.25, 0.3) is 0 Å². The Bertz CT molecular complexity index is 711. The molecule has 0 saturated carbocycles. The monoisotopic (exact) mass is 309 g/mol. The Morgan fingerprint density at radius 1 is 1.05 bits per heavy atom. The van der Waals surface area contributed by atoms with Gasteiger partial charge in [0, 0.05) is 5.69 Å². The van der Waals surface area contributed by atoms with Gasteiger partial charge in [-0.3, -0.25) is 4.79 Å². The predicted molar refractivity (Wildman–Crippen MR) is 72.0 cm³/mol. The van der Waals surface area contributed by atoms with Crippen molar-refractivity contribution in [3.05, 3.63) is 53.6 Å². The molecule has 0 atom stereocenters. The first-order chi connectivity index (χ1) is 10.4. The Hall–Kier alpha value is -2.70. The van der Waals surface area contributed by atoms with Crippen LogP contribution >= 0.6 is 0 Å². The molecule has 1 aliphatic heterocycles. The summed E-state index contributed by atoms with van der Waals surface area (Å²) < 4.78 is 47.8. The summed E-state index contributed by atoms with van der Waals surface area (Å²) in [5.74, 6) is 0.300. The molecule has 1 heterocycles. The molecule has 1 aliphatic rings. The molecule has 2 aromatic carbocycles. The number of hydrogen-bond donors (Lipinski definition) is 1. The molecule has 114 valence electrons. The van der Waals surface area contributed by atoms with Crippen molar-refractivity contribution >= 4 is 11.6 Å². The van der Waals surface area contributed by atoms with E-state index in [1.165, 1.54) is 12.1 Å². The SMILES string of the molecule is O=C(Nc1ccc(C(F)(F)F)cc1)c1cccc2c1OCO2. The van der Waals surface area contributed by atoms with Crippen molar-refractivity contribution in [2.45, 2.75) is 6.18 Å². The normalized spacial score (nSPS) is 13.0. The van der Waals surface area contributed by atoms with Crippen LogP contribution in [-0.2, 0) is 6.18 Å². The van der Waals surface area contributed by atoms with Gasteiger partial charge in [0.25, 0.3) is 5.91 Å². The number of carbonyl (C=O) groups is 1. The van der Waals surface area contributed by atoms with Gasteiger partial charge in [0.05, 0.1) is 11.1 Å². The molecule has 7 heteroatoms. The lowest BCUT2D eigenvalue weighted by molar-refractivity contribution is -0.137. The van der Waals surface area contributed by atoms with E-state index in [9.17, 15) is 18.0 Å². The van der Waals surface area contributed by atoms with Crippen LogP contribution in [0.15, 0.2) is 42.5 Å². The number of fused-ring (bicyclic) bond motifs is 1. The van der Waals surface area contributed by atoms with E-state index in [0.717, 1.165) is 12.1 Å². The standard InChI is InChI=1S/C15H10F3NO3/c16-15(17,18)9-4-6-10(7-5-9)19-14(20)11-2-1-3-12-13(11)22-8-21-12/h1-7H,8H2,(H,19,20). The van der Waals surface area contributed by atoms with Crippen LogP contribution in [-0.4, -0.2) is 12.7 Å². The van der Waals surface area contributed by atoms with Gasteiger partial charge in [-0.15, -0.1) is 0 Å². The van der Waals surface area contributed by atoms with E-state index < -0.39 is 17.6 Å². The second-order valence-corrected chi connectivity index (χ2v) is 4.57. The molecule has 1 N–H and O–H groups in total. The molecule has 0 radical (unpaired) electrons. The molecule has 2 aromatic rings. The van der Waals surface area contributed by atoms with Crippen LogP contribution in [0.4, 0.5) is 18.9 Å². The summed E-state index contributed by atoms with van der Waals surface area (Å²) in [7, 11) is 0. The average molecular weight is 309 g/mol. The van der Waals surface area contributed by atoms with Crippen LogP contribution in [0, 0.1) is 0 Å². The van der Waals surface area contributed by atoms with Gasteiger partial charge in [0.1, 0.15) is 0 Å². The minimum atomic E-state index is -4.41. The van der Waals surface area contributed by atoms with Gasteiger partial charge in [0.15, 0.2) is 11.5 Å². The van der Waals surface area contributed by atoms with Gasteiger partial charge in [0.2, 0.25) is 6.79 Å². The van der Waals surface area contributed by atoms with E-state index in [1.807, 2.05) is 0 Å². The van der Waals surface area contributed by atoms with E-state index in [-0.39, 0.29) is 18.0 Å². The van der Waals surface area contributed by atoms with Crippen molar-refractivity contribution in [1.82, 2.24) is 0 Å². The van der Waals surface area contributed by atoms with Crippen molar-refractivity contribution in [2.24, 2.45) is 0 Å². The van der Waals surface area contributed by atoms with Crippen molar-refractivity contribution in [1.29, 1.82) is 0 Å². The second-order valence-electron chi connectivity index (χ2n) is 4.57. The van der Waals surface area contributed by atoms with Crippen LogP contribution in [0.3, 0.4) is 0 Å². The third kappa shape index (κ3) is 2.69. The topological polar surface area (TPSA) is 47.6 Å². The summed E-state index contributed by atoms with van der Waals surface area (Å²) in [4.78, 5) is 12.2. The zero-order valence-electron chi connectivity index (χ0n) is 11.1. The van der Waals surface area contributed by atoms with Crippen molar-refractivity contribution in [3.8, 4) is 11.5 Å². The first-order valence-corrected chi connectivity index (χ1v) is 6.32. The summed E-state index contributed by atoms with van der Waals surface area (Å²) in [6, 6.07) is 9.05. The lowest BCUT2D eigenvalue weighted by Gasteiger charge is -2.09. The summed E-state index contributed by atoms with van der Waals surface area (Å²) in [5, 5.41) is 2.52. The van der Waals surface area contributed by atoms with Gasteiger partial charge in [-0.1, -0.05) is 6.07 Å². The van der Waals surface area contributed by atoms with E-state index in [1.54, 1.807) is 18.2 Å². The molecule has 0 bridgehead atoms. The molecule has 0 aromatic heterocycles. The molecule has 0 spiro atoms. The third-order valence-electron chi connectivity index (χ3n) is 3.11. The highest BCUT2D eigenvalue weighted by Gasteiger charge is 2.30. The number of hydrogen-bond acceptors (Lipinski definition) is 3. The quantitative estimate of drug-likeness (QED) is 0.920. The van der Waals surface area contributed by atoms with E-state index in [0.29, 0.717) is 11.5 Å². The summed E-state index contributed by atoms with van der Waals surface area (Å²) in [6.45, 7) is 0.0277. The number of benzene rings is 2. The Morgan fingerprint density at radius 3 is 2.45 bits per heavy atom. The second kappa shape index (κ2) is 5.25. The fourth-order valence-electron chi connectivity index (χ4n) is 2.05. The summed E-state index contributed by atoms with van der Waals surface area (Å²) in [5.41, 5.74) is -0.257. The maximum absolute atomic E-state index is 12.5. The highest BCUT2D eigenvalue weighted by atomic mass is 19.4. The minimum Gasteiger partial charge on any atom is -0.454 e. The van der Waals surface area contributed by atoms with E-state index >= 15 is 0 Å². The molecule has 4 nitrogen and oxygen atoms in total. The third-order valence-corrected chi connectivity index (χ3v) is 3.11. The average Bonchev–Trinajstić information content (AvgIpc) is 2.95. The highest BCUT2D eigenvalue weighted by molar-refractivity contribution is 6.06. The summed E-state index contributed by atoms with van der Waals surface area (Å²) in [6.07, 6.45) is -4.41. The van der Waals surface area contributed by atoms with Crippen molar-refractivity contribution in [2.75, 3.05) is 12.1 Å². The lowest BCUT2D eigenvalue weighted by Crippen LogP contribution is -2.13. The zero-order chi connectivity index (χ0) is 15.7. The largest absolute Gasteiger partial charge is 0.454 e. The Labute approximate surface area is 123 Å². The molecule has 1 amide bonds. The fraction of sp³-hybridized carbons (Fsp3) is 0.133. The molecular weight excluding hydrogens is 299 g/mol.